The van der Waals surface area contributed by atoms with E-state index in [4.69, 9.17) is 5.73 Å². The first-order valence-corrected chi connectivity index (χ1v) is 8.68. The second-order valence-corrected chi connectivity index (χ2v) is 7.38. The fraction of sp³-hybridized carbons (Fsp3) is 0.882. The smallest absolute Gasteiger partial charge is 0.138 e. The van der Waals surface area contributed by atoms with Crippen molar-refractivity contribution >= 4 is 0 Å². The van der Waals surface area contributed by atoms with Gasteiger partial charge in [-0.05, 0) is 31.1 Å². The Morgan fingerprint density at radius 1 is 1.38 bits per heavy atom. The molecule has 1 aromatic heterocycles. The first kappa shape index (κ1) is 16.5. The van der Waals surface area contributed by atoms with Gasteiger partial charge in [-0.1, -0.05) is 46.5 Å². The van der Waals surface area contributed by atoms with Gasteiger partial charge < -0.3 is 5.73 Å². The highest BCUT2D eigenvalue weighted by Gasteiger charge is 2.31. The lowest BCUT2D eigenvalue weighted by Crippen LogP contribution is -2.42. The minimum Gasteiger partial charge on any atom is -0.325 e. The van der Waals surface area contributed by atoms with Gasteiger partial charge >= 0.3 is 0 Å². The van der Waals surface area contributed by atoms with Gasteiger partial charge in [0.1, 0.15) is 12.2 Å². The third-order valence-corrected chi connectivity index (χ3v) is 4.78. The summed E-state index contributed by atoms with van der Waals surface area (Å²) in [6, 6.07) is 0. The molecule has 4 nitrogen and oxygen atoms in total. The molecule has 1 saturated carbocycles. The third kappa shape index (κ3) is 4.80. The van der Waals surface area contributed by atoms with Crippen LogP contribution in [0.3, 0.4) is 0 Å². The van der Waals surface area contributed by atoms with Crippen LogP contribution in [0.1, 0.15) is 71.5 Å². The molecule has 2 atom stereocenters. The molecule has 2 unspecified atom stereocenters. The van der Waals surface area contributed by atoms with E-state index >= 15 is 0 Å². The Kier molecular flexibility index (Phi) is 5.80. The summed E-state index contributed by atoms with van der Waals surface area (Å²) in [6.45, 7) is 7.65. The predicted molar refractivity (Wildman–Crippen MR) is 87.0 cm³/mol. The van der Waals surface area contributed by atoms with Crippen LogP contribution in [0.25, 0.3) is 0 Å². The molecule has 2 rings (SSSR count). The Hall–Kier alpha value is -0.900. The van der Waals surface area contributed by atoms with E-state index in [1.165, 1.54) is 32.1 Å². The van der Waals surface area contributed by atoms with Crippen molar-refractivity contribution in [1.82, 2.24) is 14.8 Å². The highest BCUT2D eigenvalue weighted by atomic mass is 15.3. The molecule has 21 heavy (non-hydrogen) atoms. The lowest BCUT2D eigenvalue weighted by atomic mass is 9.86. The van der Waals surface area contributed by atoms with E-state index < -0.39 is 0 Å². The maximum Gasteiger partial charge on any atom is 0.138 e. The van der Waals surface area contributed by atoms with Crippen molar-refractivity contribution in [3.63, 3.8) is 0 Å². The van der Waals surface area contributed by atoms with Crippen LogP contribution in [0.15, 0.2) is 6.33 Å². The van der Waals surface area contributed by atoms with Crippen LogP contribution >= 0.6 is 0 Å². The fourth-order valence-corrected chi connectivity index (χ4v) is 3.62. The average Bonchev–Trinajstić information content (AvgIpc) is 2.73. The number of nitrogens with zero attached hydrogens (tertiary/aromatic N) is 3. The summed E-state index contributed by atoms with van der Waals surface area (Å²) in [6.07, 6.45) is 11.4. The zero-order valence-corrected chi connectivity index (χ0v) is 14.0. The van der Waals surface area contributed by atoms with Gasteiger partial charge in [0, 0.05) is 18.5 Å². The maximum atomic E-state index is 6.73. The summed E-state index contributed by atoms with van der Waals surface area (Å²) in [5, 5.41) is 4.37. The first-order chi connectivity index (χ1) is 10.0. The van der Waals surface area contributed by atoms with Gasteiger partial charge in [0.15, 0.2) is 0 Å². The number of nitrogens with two attached hydrogens (primary N) is 1. The normalized spacial score (nSPS) is 27.0. The molecule has 120 valence electrons. The summed E-state index contributed by atoms with van der Waals surface area (Å²) in [7, 11) is 0. The second-order valence-electron chi connectivity index (χ2n) is 7.38. The zero-order valence-electron chi connectivity index (χ0n) is 14.0. The van der Waals surface area contributed by atoms with Gasteiger partial charge in [0.05, 0.1) is 0 Å². The van der Waals surface area contributed by atoms with Crippen molar-refractivity contribution in [2.24, 2.45) is 17.6 Å². The minimum atomic E-state index is -0.0791. The van der Waals surface area contributed by atoms with Crippen molar-refractivity contribution in [2.75, 3.05) is 0 Å². The van der Waals surface area contributed by atoms with Crippen LogP contribution in [0, 0.1) is 11.8 Å². The van der Waals surface area contributed by atoms with E-state index in [0.29, 0.717) is 5.92 Å². The fourth-order valence-electron chi connectivity index (χ4n) is 3.62. The van der Waals surface area contributed by atoms with E-state index in [2.05, 4.69) is 30.9 Å². The molecule has 0 saturated heterocycles. The van der Waals surface area contributed by atoms with Crippen molar-refractivity contribution in [3.05, 3.63) is 12.2 Å². The van der Waals surface area contributed by atoms with Gasteiger partial charge in [-0.15, -0.1) is 0 Å². The van der Waals surface area contributed by atoms with Crippen molar-refractivity contribution in [1.29, 1.82) is 0 Å². The van der Waals surface area contributed by atoms with Crippen molar-refractivity contribution in [3.8, 4) is 0 Å². The molecule has 1 heterocycles. The van der Waals surface area contributed by atoms with Crippen LogP contribution in [0.2, 0.25) is 0 Å². The average molecular weight is 292 g/mol. The van der Waals surface area contributed by atoms with E-state index in [0.717, 1.165) is 37.5 Å². The van der Waals surface area contributed by atoms with Crippen molar-refractivity contribution < 1.29 is 0 Å². The molecule has 0 amide bonds. The van der Waals surface area contributed by atoms with Crippen LogP contribution < -0.4 is 5.73 Å². The molecule has 4 heteroatoms. The first-order valence-electron chi connectivity index (χ1n) is 8.68. The lowest BCUT2D eigenvalue weighted by molar-refractivity contribution is 0.338. The highest BCUT2D eigenvalue weighted by Crippen LogP contribution is 2.33. The molecule has 1 fully saturated rings. The molecule has 0 spiro atoms. The van der Waals surface area contributed by atoms with Crippen LogP contribution in [-0.2, 0) is 13.0 Å². The topological polar surface area (TPSA) is 56.7 Å². The molecule has 2 N–H and O–H groups in total. The van der Waals surface area contributed by atoms with Crippen LogP contribution in [-0.4, -0.2) is 20.3 Å². The maximum absolute atomic E-state index is 6.73. The standard InChI is InChI=1S/C17H32N4/c1-4-6-15-7-5-9-17(18,10-8-15)11-16-19-13-20-21(16)12-14(2)3/h13-15H,4-12,18H2,1-3H3. The zero-order chi connectivity index (χ0) is 15.3. The largest absolute Gasteiger partial charge is 0.325 e. The summed E-state index contributed by atoms with van der Waals surface area (Å²) in [5.41, 5.74) is 6.65. The molecular weight excluding hydrogens is 260 g/mol. The van der Waals surface area contributed by atoms with E-state index in [1.807, 2.05) is 4.68 Å². The van der Waals surface area contributed by atoms with Gasteiger partial charge in [-0.2, -0.15) is 5.10 Å². The lowest BCUT2D eigenvalue weighted by Gasteiger charge is -2.28. The van der Waals surface area contributed by atoms with E-state index in [-0.39, 0.29) is 5.54 Å². The Bertz CT molecular complexity index is 426. The molecule has 0 bridgehead atoms. The molecular formula is C17H32N4. The quantitative estimate of drug-likeness (QED) is 0.816. The summed E-state index contributed by atoms with van der Waals surface area (Å²) >= 11 is 0. The Balaban J connectivity index is 1.99. The van der Waals surface area contributed by atoms with E-state index in [9.17, 15) is 0 Å². The van der Waals surface area contributed by atoms with Crippen LogP contribution in [0.4, 0.5) is 0 Å². The Morgan fingerprint density at radius 3 is 2.90 bits per heavy atom. The summed E-state index contributed by atoms with van der Waals surface area (Å²) < 4.78 is 2.05. The van der Waals surface area contributed by atoms with Gasteiger partial charge in [-0.3, -0.25) is 0 Å². The number of hydrogen-bond acceptors (Lipinski definition) is 3. The third-order valence-electron chi connectivity index (χ3n) is 4.78. The Labute approximate surface area is 129 Å². The predicted octanol–water partition coefficient (Wildman–Crippen LogP) is 3.55. The van der Waals surface area contributed by atoms with Crippen LogP contribution in [0.5, 0.6) is 0 Å². The molecule has 1 aliphatic carbocycles. The monoisotopic (exact) mass is 292 g/mol. The SMILES string of the molecule is CCCC1CCCC(N)(Cc2ncnn2CC(C)C)CC1. The van der Waals surface area contributed by atoms with Gasteiger partial charge in [0.25, 0.3) is 0 Å². The van der Waals surface area contributed by atoms with Gasteiger partial charge in [0.2, 0.25) is 0 Å². The molecule has 0 aromatic carbocycles. The summed E-state index contributed by atoms with van der Waals surface area (Å²) in [4.78, 5) is 4.47. The second kappa shape index (κ2) is 7.39. The van der Waals surface area contributed by atoms with Gasteiger partial charge in [-0.25, -0.2) is 9.67 Å². The van der Waals surface area contributed by atoms with Crippen molar-refractivity contribution in [2.45, 2.75) is 84.2 Å². The molecule has 0 aliphatic heterocycles. The molecule has 0 radical (unpaired) electrons. The number of aromatic nitrogens is 3. The number of hydrogen-bond donors (Lipinski definition) is 1. The van der Waals surface area contributed by atoms with E-state index in [1.54, 1.807) is 6.33 Å². The molecule has 1 aromatic rings. The highest BCUT2D eigenvalue weighted by molar-refractivity contribution is 4.99. The number of rotatable bonds is 6. The molecule has 1 aliphatic rings. The summed E-state index contributed by atoms with van der Waals surface area (Å²) in [5.74, 6) is 2.54. The Morgan fingerprint density at radius 2 is 2.19 bits per heavy atom. The minimum absolute atomic E-state index is 0.0791.